The number of fused-ring (bicyclic) bond motifs is 1. The fraction of sp³-hybridized carbons (Fsp3) is 0.300. The highest BCUT2D eigenvalue weighted by Crippen LogP contribution is 2.36. The maximum Gasteiger partial charge on any atom is 0.348 e. The number of rotatable bonds is 5. The highest BCUT2D eigenvalue weighted by molar-refractivity contribution is 7.55. The number of imidazole rings is 1. The van der Waals surface area contributed by atoms with Crippen LogP contribution in [-0.2, 0) is 11.1 Å². The van der Waals surface area contributed by atoms with Crippen molar-refractivity contribution in [1.82, 2.24) is 19.5 Å². The normalized spacial score (nSPS) is 14.2. The summed E-state index contributed by atoms with van der Waals surface area (Å²) < 4.78 is 12.3. The van der Waals surface area contributed by atoms with Gasteiger partial charge in [-0.15, -0.1) is 0 Å². The first-order valence-corrected chi connectivity index (χ1v) is 7.39. The van der Waals surface area contributed by atoms with Crippen LogP contribution in [0.3, 0.4) is 0 Å². The molecule has 108 valence electrons. The fourth-order valence-corrected chi connectivity index (χ4v) is 2.06. The third-order valence-corrected chi connectivity index (χ3v) is 3.16. The van der Waals surface area contributed by atoms with Crippen LogP contribution >= 0.6 is 7.60 Å². The van der Waals surface area contributed by atoms with Gasteiger partial charge in [-0.05, 0) is 12.5 Å². The number of nitrogens with two attached hydrogens (primary N) is 1. The fourth-order valence-electron chi connectivity index (χ4n) is 1.64. The quantitative estimate of drug-likeness (QED) is 0.557. The number of nitrogens with zero attached hydrogens (tertiary/aromatic N) is 4. The van der Waals surface area contributed by atoms with Gasteiger partial charge in [0.25, 0.3) is 0 Å². The smallest absolute Gasteiger partial charge is 0.348 e. The lowest BCUT2D eigenvalue weighted by Crippen LogP contribution is -2.08. The molecule has 0 radical (unpaired) electrons. The summed E-state index contributed by atoms with van der Waals surface area (Å²) in [6, 6.07) is 0. The van der Waals surface area contributed by atoms with Crippen LogP contribution in [-0.4, -0.2) is 40.5 Å². The van der Waals surface area contributed by atoms with E-state index in [1.165, 1.54) is 12.7 Å². The van der Waals surface area contributed by atoms with E-state index >= 15 is 0 Å². The Morgan fingerprint density at radius 1 is 1.40 bits per heavy atom. The zero-order valence-electron chi connectivity index (χ0n) is 10.4. The number of aromatic nitrogens is 4. The van der Waals surface area contributed by atoms with E-state index in [4.69, 9.17) is 15.5 Å². The second kappa shape index (κ2) is 5.68. The van der Waals surface area contributed by atoms with E-state index in [2.05, 4.69) is 15.0 Å². The van der Waals surface area contributed by atoms with Gasteiger partial charge >= 0.3 is 7.60 Å². The monoisotopic (exact) mass is 299 g/mol. The zero-order valence-corrected chi connectivity index (χ0v) is 11.3. The molecule has 0 unspecified atom stereocenters. The van der Waals surface area contributed by atoms with Crippen molar-refractivity contribution in [3.63, 3.8) is 0 Å². The molecule has 0 saturated carbocycles. The van der Waals surface area contributed by atoms with Crippen molar-refractivity contribution in [3.05, 3.63) is 24.5 Å². The Labute approximate surface area is 114 Å². The predicted octanol–water partition coefficient (Wildman–Crippen LogP) is -0.149. The lowest BCUT2D eigenvalue weighted by Gasteiger charge is -2.07. The first-order chi connectivity index (χ1) is 9.37. The van der Waals surface area contributed by atoms with Gasteiger partial charge in [0.2, 0.25) is 0 Å². The molecule has 0 aromatic carbocycles. The van der Waals surface area contributed by atoms with Crippen LogP contribution in [0.2, 0.25) is 0 Å². The largest absolute Gasteiger partial charge is 0.389 e. The molecular formula is C10H14N5O4P. The number of anilines is 1. The molecule has 0 amide bonds. The van der Waals surface area contributed by atoms with Crippen LogP contribution < -0.4 is 5.73 Å². The van der Waals surface area contributed by atoms with Gasteiger partial charge < -0.3 is 25.2 Å². The molecule has 0 aliphatic carbocycles. The van der Waals surface area contributed by atoms with Gasteiger partial charge in [-0.2, -0.15) is 0 Å². The Hall–Kier alpha value is -1.80. The van der Waals surface area contributed by atoms with Crippen molar-refractivity contribution in [1.29, 1.82) is 0 Å². The minimum absolute atomic E-state index is 0.256. The van der Waals surface area contributed by atoms with E-state index in [9.17, 15) is 9.67 Å². The first-order valence-electron chi connectivity index (χ1n) is 5.71. The van der Waals surface area contributed by atoms with E-state index in [1.807, 2.05) is 0 Å². The molecule has 9 nitrogen and oxygen atoms in total. The molecule has 5 N–H and O–H groups in total. The van der Waals surface area contributed by atoms with Gasteiger partial charge in [0.15, 0.2) is 11.5 Å². The van der Waals surface area contributed by atoms with E-state index in [0.717, 1.165) is 6.08 Å². The average molecular weight is 299 g/mol. The summed E-state index contributed by atoms with van der Waals surface area (Å²) in [5.41, 5.74) is 6.67. The molecule has 10 heteroatoms. The Balaban J connectivity index is 2.05. The van der Waals surface area contributed by atoms with Crippen LogP contribution in [0.15, 0.2) is 24.5 Å². The lowest BCUT2D eigenvalue weighted by atomic mass is 10.2. The molecule has 0 fully saturated rings. The van der Waals surface area contributed by atoms with Gasteiger partial charge in [0, 0.05) is 12.4 Å². The summed E-state index contributed by atoms with van der Waals surface area (Å²) in [7, 11) is -4.25. The van der Waals surface area contributed by atoms with E-state index in [-0.39, 0.29) is 12.2 Å². The van der Waals surface area contributed by atoms with Crippen molar-refractivity contribution in [2.24, 2.45) is 0 Å². The number of aryl methyl sites for hydroxylation is 1. The third kappa shape index (κ3) is 3.61. The van der Waals surface area contributed by atoms with E-state index in [1.54, 1.807) is 4.57 Å². The van der Waals surface area contributed by atoms with Crippen molar-refractivity contribution in [2.45, 2.75) is 19.1 Å². The molecule has 1 atom stereocenters. The minimum Gasteiger partial charge on any atom is -0.389 e. The second-order valence-corrected chi connectivity index (χ2v) is 5.63. The molecule has 2 rings (SSSR count). The van der Waals surface area contributed by atoms with Gasteiger partial charge in [-0.25, -0.2) is 15.0 Å². The Kier molecular flexibility index (Phi) is 4.15. The molecule has 0 spiro atoms. The van der Waals surface area contributed by atoms with Crippen molar-refractivity contribution >= 4 is 24.6 Å². The summed E-state index contributed by atoms with van der Waals surface area (Å²) in [6.07, 6.45) is 3.20. The minimum atomic E-state index is -4.25. The predicted molar refractivity (Wildman–Crippen MR) is 71.5 cm³/mol. The average Bonchev–Trinajstić information content (AvgIpc) is 2.78. The second-order valence-electron chi connectivity index (χ2n) is 4.16. The van der Waals surface area contributed by atoms with Gasteiger partial charge in [0.05, 0.1) is 12.4 Å². The number of nitrogen functional groups attached to an aromatic ring is 1. The van der Waals surface area contributed by atoms with Crippen molar-refractivity contribution in [2.75, 3.05) is 5.73 Å². The molecule has 2 heterocycles. The van der Waals surface area contributed by atoms with Gasteiger partial charge in [-0.1, -0.05) is 0 Å². The Bertz CT molecular complexity index is 679. The van der Waals surface area contributed by atoms with E-state index in [0.29, 0.717) is 23.5 Å². The standard InChI is InChI=1S/C10H14N5O4P/c11-9-8-10(13-5-12-9)15(6-14-8)3-1-7(16)2-4-20(17,18)19/h2,4-7,16H,1,3H2,(H2,11,12,13)(H2,17,18,19)/t7-/m1/s1. The Morgan fingerprint density at radius 3 is 2.85 bits per heavy atom. The lowest BCUT2D eigenvalue weighted by molar-refractivity contribution is 0.206. The highest BCUT2D eigenvalue weighted by Gasteiger charge is 2.10. The van der Waals surface area contributed by atoms with Crippen LogP contribution in [0.1, 0.15) is 6.42 Å². The molecule has 0 aliphatic rings. The van der Waals surface area contributed by atoms with Gasteiger partial charge in [-0.3, -0.25) is 4.57 Å². The van der Waals surface area contributed by atoms with Crippen molar-refractivity contribution < 1.29 is 19.5 Å². The molecule has 2 aromatic rings. The molecule has 0 aliphatic heterocycles. The van der Waals surface area contributed by atoms with Crippen LogP contribution in [0.5, 0.6) is 0 Å². The summed E-state index contributed by atoms with van der Waals surface area (Å²) in [4.78, 5) is 29.3. The maximum atomic E-state index is 10.6. The maximum absolute atomic E-state index is 10.6. The Morgan fingerprint density at radius 2 is 2.15 bits per heavy atom. The number of aliphatic hydroxyl groups excluding tert-OH is 1. The molecule has 0 bridgehead atoms. The number of hydrogen-bond acceptors (Lipinski definition) is 6. The SMILES string of the molecule is Nc1ncnc2c1ncn2CC[C@@H](O)C=CP(=O)(O)O. The third-order valence-electron chi connectivity index (χ3n) is 2.60. The van der Waals surface area contributed by atoms with Gasteiger partial charge in [0.1, 0.15) is 11.8 Å². The van der Waals surface area contributed by atoms with Crippen LogP contribution in [0.25, 0.3) is 11.2 Å². The first kappa shape index (κ1) is 14.6. The number of aliphatic hydroxyl groups is 1. The topological polar surface area (TPSA) is 147 Å². The van der Waals surface area contributed by atoms with Crippen molar-refractivity contribution in [3.8, 4) is 0 Å². The molecule has 0 saturated heterocycles. The zero-order chi connectivity index (χ0) is 14.8. The molecule has 2 aromatic heterocycles. The van der Waals surface area contributed by atoms with E-state index < -0.39 is 13.7 Å². The highest BCUT2D eigenvalue weighted by atomic mass is 31.2. The summed E-state index contributed by atoms with van der Waals surface area (Å²) in [5.74, 6) is 0.958. The van der Waals surface area contributed by atoms with Crippen LogP contribution in [0, 0.1) is 0 Å². The molecular weight excluding hydrogens is 285 g/mol. The van der Waals surface area contributed by atoms with Crippen LogP contribution in [0.4, 0.5) is 5.82 Å². The molecule has 20 heavy (non-hydrogen) atoms. The summed E-state index contributed by atoms with van der Waals surface area (Å²) in [6.45, 7) is 0.375. The number of hydrogen-bond donors (Lipinski definition) is 4. The summed E-state index contributed by atoms with van der Waals surface area (Å²) >= 11 is 0. The summed E-state index contributed by atoms with van der Waals surface area (Å²) in [5, 5.41) is 9.62.